The summed E-state index contributed by atoms with van der Waals surface area (Å²) in [5.41, 5.74) is 2.28. The Morgan fingerprint density at radius 1 is 1.15 bits per heavy atom. The highest BCUT2D eigenvalue weighted by Gasteiger charge is 2.19. The first kappa shape index (κ1) is 23.1. The molecule has 0 unspecified atom stereocenters. The van der Waals surface area contributed by atoms with E-state index in [-0.39, 0.29) is 16.4 Å². The van der Waals surface area contributed by atoms with Gasteiger partial charge in [-0.25, -0.2) is 4.98 Å². The van der Waals surface area contributed by atoms with Crippen molar-refractivity contribution in [3.05, 3.63) is 85.9 Å². The van der Waals surface area contributed by atoms with Crippen molar-refractivity contribution < 1.29 is 9.72 Å². The van der Waals surface area contributed by atoms with E-state index in [4.69, 9.17) is 35.4 Å². The number of anilines is 1. The summed E-state index contributed by atoms with van der Waals surface area (Å²) < 4.78 is 0.992. The zero-order chi connectivity index (χ0) is 23.7. The molecule has 0 fully saturated rings. The fourth-order valence-electron chi connectivity index (χ4n) is 3.12. The molecule has 4 rings (SSSR count). The van der Waals surface area contributed by atoms with Crippen LogP contribution in [0, 0.1) is 17.0 Å². The summed E-state index contributed by atoms with van der Waals surface area (Å²) in [6.07, 6.45) is 0. The van der Waals surface area contributed by atoms with Crippen LogP contribution in [0.2, 0.25) is 10.0 Å². The van der Waals surface area contributed by atoms with Crippen molar-refractivity contribution >= 4 is 79.4 Å². The molecule has 0 saturated heterocycles. The molecule has 2 N–H and O–H groups in total. The van der Waals surface area contributed by atoms with Gasteiger partial charge >= 0.3 is 0 Å². The molecule has 0 aliphatic heterocycles. The van der Waals surface area contributed by atoms with E-state index in [1.165, 1.54) is 29.5 Å². The standard InChI is InChI=1S/C22H14Cl2N4O3S2/c1-11-6-7-12(8-17(11)28(30)31)20(29)27-22(32)26-19-14(9-13(23)10-15(19)24)21-25-16-4-2-3-5-18(16)33-21/h2-10H,1H3,(H2,26,27,29,32). The number of hydrogen-bond donors (Lipinski definition) is 2. The Kier molecular flexibility index (Phi) is 6.57. The SMILES string of the molecule is Cc1ccc(C(=O)NC(=S)Nc2c(Cl)cc(Cl)cc2-c2nc3ccccc3s2)cc1[N+](=O)[O-]. The highest BCUT2D eigenvalue weighted by Crippen LogP contribution is 2.40. The lowest BCUT2D eigenvalue weighted by Gasteiger charge is -2.15. The van der Waals surface area contributed by atoms with Gasteiger partial charge in [-0.15, -0.1) is 11.3 Å². The van der Waals surface area contributed by atoms with Crippen LogP contribution in [0.15, 0.2) is 54.6 Å². The lowest BCUT2D eigenvalue weighted by Crippen LogP contribution is -2.34. The number of nitro groups is 1. The summed E-state index contributed by atoms with van der Waals surface area (Å²) in [5, 5.41) is 18.0. The highest BCUT2D eigenvalue weighted by molar-refractivity contribution is 7.80. The van der Waals surface area contributed by atoms with Crippen molar-refractivity contribution in [2.45, 2.75) is 6.92 Å². The number of carbonyl (C=O) groups excluding carboxylic acids is 1. The third kappa shape index (κ3) is 4.96. The van der Waals surface area contributed by atoms with Crippen LogP contribution in [-0.2, 0) is 0 Å². The summed E-state index contributed by atoms with van der Waals surface area (Å²) >= 11 is 19.4. The molecule has 1 heterocycles. The number of para-hydroxylation sites is 1. The monoisotopic (exact) mass is 516 g/mol. The van der Waals surface area contributed by atoms with Gasteiger partial charge in [-0.05, 0) is 49.5 Å². The van der Waals surface area contributed by atoms with Crippen LogP contribution in [-0.4, -0.2) is 20.9 Å². The fraction of sp³-hybridized carbons (Fsp3) is 0.0455. The zero-order valence-corrected chi connectivity index (χ0v) is 20.0. The Bertz CT molecular complexity index is 1410. The van der Waals surface area contributed by atoms with Crippen LogP contribution in [0.3, 0.4) is 0 Å². The molecule has 1 amide bonds. The first-order chi connectivity index (χ1) is 15.7. The van der Waals surface area contributed by atoms with E-state index < -0.39 is 10.8 Å². The molecule has 0 bridgehead atoms. The molecule has 0 aliphatic rings. The molecule has 0 radical (unpaired) electrons. The van der Waals surface area contributed by atoms with Gasteiger partial charge in [-0.3, -0.25) is 20.2 Å². The van der Waals surface area contributed by atoms with Crippen molar-refractivity contribution in [3.63, 3.8) is 0 Å². The van der Waals surface area contributed by atoms with Gasteiger partial charge < -0.3 is 5.32 Å². The second-order valence-electron chi connectivity index (χ2n) is 6.96. The van der Waals surface area contributed by atoms with Gasteiger partial charge in [0.25, 0.3) is 11.6 Å². The number of nitrogens with one attached hydrogen (secondary N) is 2. The molecule has 0 atom stereocenters. The first-order valence-corrected chi connectivity index (χ1v) is 11.4. The molecular formula is C22H14Cl2N4O3S2. The number of halogens is 2. The molecule has 7 nitrogen and oxygen atoms in total. The van der Waals surface area contributed by atoms with Crippen LogP contribution in [0.4, 0.5) is 11.4 Å². The Hall–Kier alpha value is -3.11. The molecular weight excluding hydrogens is 503 g/mol. The molecule has 33 heavy (non-hydrogen) atoms. The number of hydrogen-bond acceptors (Lipinski definition) is 6. The summed E-state index contributed by atoms with van der Waals surface area (Å²) in [6.45, 7) is 1.60. The van der Waals surface area contributed by atoms with E-state index in [1.54, 1.807) is 19.1 Å². The number of nitrogens with zero attached hydrogens (tertiary/aromatic N) is 2. The van der Waals surface area contributed by atoms with Gasteiger partial charge in [0.1, 0.15) is 5.01 Å². The number of thiocarbonyl (C=S) groups is 1. The summed E-state index contributed by atoms with van der Waals surface area (Å²) in [5.74, 6) is -0.595. The minimum absolute atomic E-state index is 0.0326. The summed E-state index contributed by atoms with van der Waals surface area (Å²) in [6, 6.07) is 15.1. The second kappa shape index (κ2) is 9.40. The first-order valence-electron chi connectivity index (χ1n) is 9.45. The highest BCUT2D eigenvalue weighted by atomic mass is 35.5. The van der Waals surface area contributed by atoms with Gasteiger partial charge in [0.05, 0.1) is 25.8 Å². The number of carbonyl (C=O) groups is 1. The Balaban J connectivity index is 1.61. The lowest BCUT2D eigenvalue weighted by atomic mass is 10.1. The van der Waals surface area contributed by atoms with Crippen molar-refractivity contribution in [1.29, 1.82) is 0 Å². The Labute approximate surface area is 207 Å². The number of thiazole rings is 1. The van der Waals surface area contributed by atoms with Gasteiger partial charge in [0, 0.05) is 27.8 Å². The third-order valence-corrected chi connectivity index (χ3v) is 6.50. The molecule has 4 aromatic rings. The molecule has 166 valence electrons. The maximum absolute atomic E-state index is 12.6. The van der Waals surface area contributed by atoms with E-state index in [0.717, 1.165) is 10.2 Å². The molecule has 1 aromatic heterocycles. The topological polar surface area (TPSA) is 97.2 Å². The van der Waals surface area contributed by atoms with Gasteiger partial charge in [0.15, 0.2) is 5.11 Å². The number of aryl methyl sites for hydroxylation is 1. The Morgan fingerprint density at radius 3 is 2.64 bits per heavy atom. The van der Waals surface area contributed by atoms with E-state index in [0.29, 0.717) is 31.9 Å². The van der Waals surface area contributed by atoms with Crippen LogP contribution < -0.4 is 10.6 Å². The molecule has 11 heteroatoms. The van der Waals surface area contributed by atoms with Crippen LogP contribution in [0.1, 0.15) is 15.9 Å². The maximum Gasteiger partial charge on any atom is 0.273 e. The predicted molar refractivity (Wildman–Crippen MR) is 137 cm³/mol. The average molecular weight is 517 g/mol. The van der Waals surface area contributed by atoms with Gasteiger partial charge in [0.2, 0.25) is 0 Å². The van der Waals surface area contributed by atoms with E-state index in [9.17, 15) is 14.9 Å². The van der Waals surface area contributed by atoms with Crippen molar-refractivity contribution in [1.82, 2.24) is 10.3 Å². The molecule has 0 spiro atoms. The lowest BCUT2D eigenvalue weighted by molar-refractivity contribution is -0.385. The van der Waals surface area contributed by atoms with E-state index in [1.807, 2.05) is 24.3 Å². The van der Waals surface area contributed by atoms with Crippen LogP contribution >= 0.6 is 46.8 Å². The number of nitro benzene ring substituents is 1. The van der Waals surface area contributed by atoms with Crippen LogP contribution in [0.5, 0.6) is 0 Å². The normalized spacial score (nSPS) is 10.8. The quantitative estimate of drug-likeness (QED) is 0.180. The number of aromatic nitrogens is 1. The van der Waals surface area contributed by atoms with Gasteiger partial charge in [-0.1, -0.05) is 41.4 Å². The smallest absolute Gasteiger partial charge is 0.273 e. The number of benzene rings is 3. The average Bonchev–Trinajstić information content (AvgIpc) is 3.19. The number of rotatable bonds is 4. The summed E-state index contributed by atoms with van der Waals surface area (Å²) in [4.78, 5) is 27.9. The van der Waals surface area contributed by atoms with E-state index >= 15 is 0 Å². The largest absolute Gasteiger partial charge is 0.331 e. The van der Waals surface area contributed by atoms with E-state index in [2.05, 4.69) is 15.6 Å². The maximum atomic E-state index is 12.6. The third-order valence-electron chi connectivity index (χ3n) is 4.71. The van der Waals surface area contributed by atoms with Gasteiger partial charge in [-0.2, -0.15) is 0 Å². The minimum Gasteiger partial charge on any atom is -0.331 e. The number of fused-ring (bicyclic) bond motifs is 1. The minimum atomic E-state index is -0.595. The predicted octanol–water partition coefficient (Wildman–Crippen LogP) is 6.61. The zero-order valence-electron chi connectivity index (χ0n) is 16.9. The van der Waals surface area contributed by atoms with Crippen LogP contribution in [0.25, 0.3) is 20.8 Å². The Morgan fingerprint density at radius 2 is 1.91 bits per heavy atom. The second-order valence-corrected chi connectivity index (χ2v) is 9.25. The number of amides is 1. The molecule has 0 saturated carbocycles. The van der Waals surface area contributed by atoms with Crippen molar-refractivity contribution in [2.75, 3.05) is 5.32 Å². The van der Waals surface area contributed by atoms with Crippen molar-refractivity contribution in [3.8, 4) is 10.6 Å². The fourth-order valence-corrected chi connectivity index (χ4v) is 4.85. The summed E-state index contributed by atoms with van der Waals surface area (Å²) in [7, 11) is 0. The van der Waals surface area contributed by atoms with Crippen molar-refractivity contribution in [2.24, 2.45) is 0 Å². The molecule has 3 aromatic carbocycles. The molecule has 0 aliphatic carbocycles.